The molecule has 0 saturated carbocycles. The number of aliphatic hydroxyl groups excluding tert-OH is 1. The third-order valence-corrected chi connectivity index (χ3v) is 5.66. The molecule has 1 heterocycles. The van der Waals surface area contributed by atoms with Gasteiger partial charge in [-0.15, -0.1) is 0 Å². The number of hydrogen-bond acceptors (Lipinski definition) is 5. The van der Waals surface area contributed by atoms with E-state index in [4.69, 9.17) is 0 Å². The molecule has 3 unspecified atom stereocenters. The zero-order valence-electron chi connectivity index (χ0n) is 11.0. The average Bonchev–Trinajstić information content (AvgIpc) is 2.37. The number of methoxy groups -OCH3 is 1. The summed E-state index contributed by atoms with van der Waals surface area (Å²) in [7, 11) is -2.52. The fourth-order valence-corrected chi connectivity index (χ4v) is 3.68. The topological polar surface area (TPSA) is 83.9 Å². The van der Waals surface area contributed by atoms with Gasteiger partial charge in [-0.05, 0) is 25.7 Å². The fraction of sp³-hybridized carbons (Fsp3) is 0.909. The van der Waals surface area contributed by atoms with Gasteiger partial charge in [0.25, 0.3) is 0 Å². The first-order valence-electron chi connectivity index (χ1n) is 6.09. The second kappa shape index (κ2) is 5.99. The molecule has 0 bridgehead atoms. The minimum absolute atomic E-state index is 0.0710. The van der Waals surface area contributed by atoms with Crippen LogP contribution in [0, 0.1) is 5.92 Å². The van der Waals surface area contributed by atoms with Crippen LogP contribution >= 0.6 is 0 Å². The Bertz CT molecular complexity index is 394. The van der Waals surface area contributed by atoms with Crippen molar-refractivity contribution < 1.29 is 23.1 Å². The quantitative estimate of drug-likeness (QED) is 0.731. The lowest BCUT2D eigenvalue weighted by Crippen LogP contribution is -2.49. The van der Waals surface area contributed by atoms with Crippen LogP contribution in [0.2, 0.25) is 0 Å². The molecule has 0 aromatic carbocycles. The predicted molar refractivity (Wildman–Crippen MR) is 66.4 cm³/mol. The Morgan fingerprint density at radius 3 is 2.67 bits per heavy atom. The van der Waals surface area contributed by atoms with Crippen LogP contribution in [0.5, 0.6) is 0 Å². The van der Waals surface area contributed by atoms with Crippen LogP contribution in [0.25, 0.3) is 0 Å². The van der Waals surface area contributed by atoms with Crippen molar-refractivity contribution >= 4 is 16.0 Å². The molecule has 1 N–H and O–H groups in total. The minimum Gasteiger partial charge on any atom is -0.468 e. The molecule has 6 nitrogen and oxygen atoms in total. The van der Waals surface area contributed by atoms with E-state index in [1.54, 1.807) is 0 Å². The lowest BCUT2D eigenvalue weighted by molar-refractivity contribution is -0.139. The molecule has 0 aromatic heterocycles. The van der Waals surface area contributed by atoms with Crippen LogP contribution in [0.15, 0.2) is 0 Å². The summed E-state index contributed by atoms with van der Waals surface area (Å²) >= 11 is 0. The number of piperidine rings is 1. The first-order chi connectivity index (χ1) is 8.34. The minimum atomic E-state index is -3.69. The first-order valence-corrected chi connectivity index (χ1v) is 7.59. The van der Waals surface area contributed by atoms with Crippen LogP contribution in [0.3, 0.4) is 0 Å². The number of sulfonamides is 1. The van der Waals surface area contributed by atoms with Gasteiger partial charge in [-0.25, -0.2) is 12.7 Å². The summed E-state index contributed by atoms with van der Waals surface area (Å²) in [6.45, 7) is 3.75. The molecule has 18 heavy (non-hydrogen) atoms. The van der Waals surface area contributed by atoms with E-state index >= 15 is 0 Å². The largest absolute Gasteiger partial charge is 0.468 e. The Morgan fingerprint density at radius 2 is 2.17 bits per heavy atom. The molecule has 3 atom stereocenters. The second-order valence-corrected chi connectivity index (χ2v) is 6.85. The van der Waals surface area contributed by atoms with Crippen LogP contribution < -0.4 is 0 Å². The Hall–Kier alpha value is -0.660. The van der Waals surface area contributed by atoms with Crippen LogP contribution in [0.4, 0.5) is 0 Å². The summed E-state index contributed by atoms with van der Waals surface area (Å²) in [6, 6.07) is 0. The number of aliphatic hydroxyl groups is 1. The highest BCUT2D eigenvalue weighted by Gasteiger charge is 2.39. The van der Waals surface area contributed by atoms with Gasteiger partial charge in [0.2, 0.25) is 10.0 Å². The van der Waals surface area contributed by atoms with Crippen molar-refractivity contribution in [2.24, 2.45) is 5.92 Å². The van der Waals surface area contributed by atoms with Gasteiger partial charge in [-0.1, -0.05) is 6.92 Å². The summed E-state index contributed by atoms with van der Waals surface area (Å²) in [5, 5.41) is 8.53. The van der Waals surface area contributed by atoms with Gasteiger partial charge in [0, 0.05) is 13.1 Å². The normalized spacial score (nSPS) is 27.8. The van der Waals surface area contributed by atoms with E-state index in [1.807, 2.05) is 6.92 Å². The highest BCUT2D eigenvalue weighted by Crippen LogP contribution is 2.24. The molecule has 1 fully saturated rings. The zero-order chi connectivity index (χ0) is 13.9. The summed E-state index contributed by atoms with van der Waals surface area (Å²) in [6.07, 6.45) is 0.653. The molecule has 1 aliphatic heterocycles. The zero-order valence-corrected chi connectivity index (χ0v) is 11.8. The third kappa shape index (κ3) is 3.02. The fourth-order valence-electron chi connectivity index (χ4n) is 2.13. The molecule has 0 radical (unpaired) electrons. The lowest BCUT2D eigenvalue weighted by Gasteiger charge is -2.35. The van der Waals surface area contributed by atoms with E-state index in [9.17, 15) is 18.3 Å². The van der Waals surface area contributed by atoms with Crippen molar-refractivity contribution in [1.82, 2.24) is 4.31 Å². The molecule has 1 saturated heterocycles. The van der Waals surface area contributed by atoms with Gasteiger partial charge in [0.1, 0.15) is 0 Å². The molecular formula is C11H21NO5S. The van der Waals surface area contributed by atoms with Crippen molar-refractivity contribution in [2.75, 3.05) is 20.2 Å². The Labute approximate surface area is 108 Å². The molecule has 0 aliphatic carbocycles. The standard InChI is InChI=1S/C11H21NO5S/c1-4-9-7-12(6-5-10(9)13)18(15,16)8(2)11(14)17-3/h8-10,13H,4-7H2,1-3H3. The van der Waals surface area contributed by atoms with Crippen LogP contribution in [-0.4, -0.2) is 55.4 Å². The van der Waals surface area contributed by atoms with Gasteiger partial charge in [-0.2, -0.15) is 0 Å². The highest BCUT2D eigenvalue weighted by atomic mass is 32.2. The van der Waals surface area contributed by atoms with Crippen LogP contribution in [-0.2, 0) is 19.6 Å². The summed E-state index contributed by atoms with van der Waals surface area (Å²) in [4.78, 5) is 11.3. The molecular weight excluding hydrogens is 258 g/mol. The van der Waals surface area contributed by atoms with Gasteiger partial charge >= 0.3 is 5.97 Å². The number of carbonyl (C=O) groups is 1. The van der Waals surface area contributed by atoms with Crippen molar-refractivity contribution in [3.05, 3.63) is 0 Å². The number of ether oxygens (including phenoxy) is 1. The Kier molecular flexibility index (Phi) is 5.12. The van der Waals surface area contributed by atoms with Crippen molar-refractivity contribution in [2.45, 2.75) is 38.0 Å². The number of rotatable bonds is 4. The summed E-state index contributed by atoms with van der Waals surface area (Å²) < 4.78 is 30.2. The molecule has 106 valence electrons. The number of esters is 1. The van der Waals surface area contributed by atoms with Crippen LogP contribution in [0.1, 0.15) is 26.7 Å². The number of nitrogens with zero attached hydrogens (tertiary/aromatic N) is 1. The molecule has 1 aliphatic rings. The maximum atomic E-state index is 12.2. The smallest absolute Gasteiger partial charge is 0.325 e. The van der Waals surface area contributed by atoms with E-state index in [-0.39, 0.29) is 19.0 Å². The number of carbonyl (C=O) groups excluding carboxylic acids is 1. The number of hydrogen-bond donors (Lipinski definition) is 1. The highest BCUT2D eigenvalue weighted by molar-refractivity contribution is 7.90. The lowest BCUT2D eigenvalue weighted by atomic mass is 9.94. The van der Waals surface area contributed by atoms with E-state index < -0.39 is 27.3 Å². The van der Waals surface area contributed by atoms with Crippen molar-refractivity contribution in [1.29, 1.82) is 0 Å². The average molecular weight is 279 g/mol. The van der Waals surface area contributed by atoms with Crippen molar-refractivity contribution in [3.8, 4) is 0 Å². The SMILES string of the molecule is CCC1CN(S(=O)(=O)C(C)C(=O)OC)CCC1O. The Morgan fingerprint density at radius 1 is 1.56 bits per heavy atom. The van der Waals surface area contributed by atoms with Gasteiger partial charge in [0.15, 0.2) is 5.25 Å². The van der Waals surface area contributed by atoms with Gasteiger partial charge in [0.05, 0.1) is 13.2 Å². The van der Waals surface area contributed by atoms with E-state index in [0.29, 0.717) is 12.8 Å². The molecule has 0 spiro atoms. The summed E-state index contributed by atoms with van der Waals surface area (Å²) in [5.74, 6) is -0.826. The first kappa shape index (κ1) is 15.4. The molecule has 1 rings (SSSR count). The second-order valence-electron chi connectivity index (χ2n) is 4.59. The maximum absolute atomic E-state index is 12.2. The van der Waals surface area contributed by atoms with Crippen molar-refractivity contribution in [3.63, 3.8) is 0 Å². The van der Waals surface area contributed by atoms with Gasteiger partial charge < -0.3 is 9.84 Å². The van der Waals surface area contributed by atoms with E-state index in [0.717, 1.165) is 0 Å². The monoisotopic (exact) mass is 279 g/mol. The van der Waals surface area contributed by atoms with E-state index in [1.165, 1.54) is 18.3 Å². The third-order valence-electron chi connectivity index (χ3n) is 3.52. The van der Waals surface area contributed by atoms with Gasteiger partial charge in [-0.3, -0.25) is 4.79 Å². The predicted octanol–water partition coefficient (Wildman–Crippen LogP) is -0.0295. The maximum Gasteiger partial charge on any atom is 0.325 e. The molecule has 7 heteroatoms. The summed E-state index contributed by atoms with van der Waals surface area (Å²) in [5.41, 5.74) is 0. The molecule has 0 amide bonds. The van der Waals surface area contributed by atoms with E-state index in [2.05, 4.69) is 4.74 Å². The Balaban J connectivity index is 2.83. The molecule has 0 aromatic rings.